The van der Waals surface area contributed by atoms with E-state index in [1.54, 1.807) is 12.3 Å². The Morgan fingerprint density at radius 1 is 1.30 bits per heavy atom. The highest BCUT2D eigenvalue weighted by Crippen LogP contribution is 2.19. The molecule has 0 radical (unpaired) electrons. The third-order valence-electron chi connectivity index (χ3n) is 3.51. The fourth-order valence-corrected chi connectivity index (χ4v) is 2.46. The summed E-state index contributed by atoms with van der Waals surface area (Å²) in [6.07, 6.45) is 4.12. The minimum atomic E-state index is -0.604. The van der Waals surface area contributed by atoms with Crippen molar-refractivity contribution in [2.75, 3.05) is 25.1 Å². The molecule has 1 aliphatic rings. The van der Waals surface area contributed by atoms with Crippen LogP contribution in [0, 0.1) is 0 Å². The molecule has 0 amide bonds. The summed E-state index contributed by atoms with van der Waals surface area (Å²) >= 11 is 0. The molecule has 0 saturated carbocycles. The first-order chi connectivity index (χ1) is 9.69. The maximum atomic E-state index is 12.1. The lowest BCUT2D eigenvalue weighted by Crippen LogP contribution is -2.22. The summed E-state index contributed by atoms with van der Waals surface area (Å²) in [7, 11) is 1.27. The predicted molar refractivity (Wildman–Crippen MR) is 74.2 cm³/mol. The summed E-state index contributed by atoms with van der Waals surface area (Å²) in [5, 5.41) is 0. The second kappa shape index (κ2) is 4.96. The van der Waals surface area contributed by atoms with Crippen LogP contribution in [0.3, 0.4) is 0 Å². The summed E-state index contributed by atoms with van der Waals surface area (Å²) in [6.45, 7) is 2.02. The van der Waals surface area contributed by atoms with E-state index in [0.717, 1.165) is 18.8 Å². The number of nitrogens with zero attached hydrogens (tertiary/aromatic N) is 3. The van der Waals surface area contributed by atoms with Gasteiger partial charge in [-0.2, -0.15) is 0 Å². The monoisotopic (exact) mass is 273 g/mol. The second-order valence-electron chi connectivity index (χ2n) is 4.78. The number of ether oxygens (including phenoxy) is 1. The molecule has 0 aromatic carbocycles. The molecule has 3 rings (SSSR count). The lowest BCUT2D eigenvalue weighted by atomic mass is 10.3. The van der Waals surface area contributed by atoms with Gasteiger partial charge >= 0.3 is 5.97 Å². The fraction of sp³-hybridized carbons (Fsp3) is 0.357. The lowest BCUT2D eigenvalue weighted by molar-refractivity contribution is 0.0594. The number of esters is 1. The van der Waals surface area contributed by atoms with Gasteiger partial charge < -0.3 is 9.64 Å². The molecule has 0 atom stereocenters. The molecule has 0 spiro atoms. The van der Waals surface area contributed by atoms with Crippen LogP contribution in [0.5, 0.6) is 0 Å². The number of rotatable bonds is 2. The zero-order valence-electron chi connectivity index (χ0n) is 11.2. The number of anilines is 1. The van der Waals surface area contributed by atoms with Crippen molar-refractivity contribution in [1.82, 2.24) is 9.38 Å². The molecule has 0 bridgehead atoms. The number of aromatic nitrogens is 2. The van der Waals surface area contributed by atoms with E-state index in [1.165, 1.54) is 30.4 Å². The molecule has 20 heavy (non-hydrogen) atoms. The SMILES string of the molecule is COC(=O)c1cc(=O)n2cc(N3CCCC3)ccc2n1. The van der Waals surface area contributed by atoms with Crippen LogP contribution in [-0.2, 0) is 4.74 Å². The van der Waals surface area contributed by atoms with Gasteiger partial charge in [0.2, 0.25) is 0 Å². The number of hydrogen-bond donors (Lipinski definition) is 0. The summed E-state index contributed by atoms with van der Waals surface area (Å²) in [4.78, 5) is 29.9. The maximum absolute atomic E-state index is 12.1. The summed E-state index contributed by atoms with van der Waals surface area (Å²) in [5.74, 6) is -0.604. The van der Waals surface area contributed by atoms with Crippen molar-refractivity contribution in [3.8, 4) is 0 Å². The number of fused-ring (bicyclic) bond motifs is 1. The minimum Gasteiger partial charge on any atom is -0.464 e. The van der Waals surface area contributed by atoms with E-state index in [2.05, 4.69) is 14.6 Å². The van der Waals surface area contributed by atoms with E-state index in [9.17, 15) is 9.59 Å². The van der Waals surface area contributed by atoms with Crippen molar-refractivity contribution >= 4 is 17.3 Å². The van der Waals surface area contributed by atoms with Gasteiger partial charge in [-0.05, 0) is 25.0 Å². The van der Waals surface area contributed by atoms with Gasteiger partial charge in [0.25, 0.3) is 5.56 Å². The van der Waals surface area contributed by atoms with Crippen molar-refractivity contribution in [3.63, 3.8) is 0 Å². The average Bonchev–Trinajstić information content (AvgIpc) is 3.00. The van der Waals surface area contributed by atoms with Gasteiger partial charge in [-0.25, -0.2) is 9.78 Å². The van der Waals surface area contributed by atoms with E-state index in [-0.39, 0.29) is 11.3 Å². The van der Waals surface area contributed by atoms with E-state index < -0.39 is 5.97 Å². The first-order valence-electron chi connectivity index (χ1n) is 6.56. The van der Waals surface area contributed by atoms with Gasteiger partial charge in [-0.1, -0.05) is 0 Å². The summed E-state index contributed by atoms with van der Waals surface area (Å²) in [5.41, 5.74) is 1.20. The van der Waals surface area contributed by atoms with Gasteiger partial charge in [-0.15, -0.1) is 0 Å². The smallest absolute Gasteiger partial charge is 0.356 e. The molecule has 2 aromatic heterocycles. The second-order valence-corrected chi connectivity index (χ2v) is 4.78. The van der Waals surface area contributed by atoms with Crippen LogP contribution < -0.4 is 10.5 Å². The van der Waals surface area contributed by atoms with Crippen LogP contribution >= 0.6 is 0 Å². The Balaban J connectivity index is 2.09. The Hall–Kier alpha value is -2.37. The van der Waals surface area contributed by atoms with Crippen molar-refractivity contribution in [2.24, 2.45) is 0 Å². The molecule has 2 aromatic rings. The molecule has 6 heteroatoms. The van der Waals surface area contributed by atoms with Crippen LogP contribution in [0.15, 0.2) is 29.2 Å². The lowest BCUT2D eigenvalue weighted by Gasteiger charge is -2.17. The van der Waals surface area contributed by atoms with Crippen molar-refractivity contribution in [3.05, 3.63) is 40.4 Å². The Labute approximate surface area is 115 Å². The van der Waals surface area contributed by atoms with Gasteiger partial charge in [0.1, 0.15) is 5.65 Å². The van der Waals surface area contributed by atoms with Gasteiger partial charge in [0.15, 0.2) is 5.69 Å². The zero-order chi connectivity index (χ0) is 14.1. The van der Waals surface area contributed by atoms with E-state index >= 15 is 0 Å². The van der Waals surface area contributed by atoms with Gasteiger partial charge in [0.05, 0.1) is 12.8 Å². The molecule has 104 valence electrons. The molecule has 0 N–H and O–H groups in total. The number of methoxy groups -OCH3 is 1. The first-order valence-corrected chi connectivity index (χ1v) is 6.56. The molecular formula is C14H15N3O3. The first kappa shape index (κ1) is 12.7. The minimum absolute atomic E-state index is 0.0337. The van der Waals surface area contributed by atoms with Gasteiger partial charge in [0, 0.05) is 25.4 Å². The highest BCUT2D eigenvalue weighted by Gasteiger charge is 2.14. The number of hydrogen-bond acceptors (Lipinski definition) is 5. The molecule has 1 saturated heterocycles. The van der Waals surface area contributed by atoms with Crippen LogP contribution in [0.4, 0.5) is 5.69 Å². The van der Waals surface area contributed by atoms with Gasteiger partial charge in [-0.3, -0.25) is 9.20 Å². The molecule has 0 aliphatic carbocycles. The Morgan fingerprint density at radius 2 is 2.05 bits per heavy atom. The van der Waals surface area contributed by atoms with Crippen molar-refractivity contribution < 1.29 is 9.53 Å². The van der Waals surface area contributed by atoms with Crippen LogP contribution in [0.2, 0.25) is 0 Å². The quantitative estimate of drug-likeness (QED) is 0.766. The van der Waals surface area contributed by atoms with Crippen LogP contribution in [0.1, 0.15) is 23.3 Å². The Morgan fingerprint density at radius 3 is 2.75 bits per heavy atom. The van der Waals surface area contributed by atoms with Crippen LogP contribution in [-0.4, -0.2) is 35.6 Å². The highest BCUT2D eigenvalue weighted by atomic mass is 16.5. The molecule has 0 unspecified atom stereocenters. The molecule has 1 aliphatic heterocycles. The standard InChI is InChI=1S/C14H15N3O3/c1-20-14(19)11-8-13(18)17-9-10(4-5-12(17)15-11)16-6-2-3-7-16/h4-5,8-9H,2-3,6-7H2,1H3. The van der Waals surface area contributed by atoms with E-state index in [1.807, 2.05) is 6.07 Å². The number of carbonyl (C=O) groups excluding carboxylic acids is 1. The number of carbonyl (C=O) groups is 1. The third-order valence-corrected chi connectivity index (χ3v) is 3.51. The maximum Gasteiger partial charge on any atom is 0.356 e. The largest absolute Gasteiger partial charge is 0.464 e. The molecule has 1 fully saturated rings. The molecule has 6 nitrogen and oxygen atoms in total. The zero-order valence-corrected chi connectivity index (χ0v) is 11.2. The molecular weight excluding hydrogens is 258 g/mol. The topological polar surface area (TPSA) is 63.9 Å². The van der Waals surface area contributed by atoms with Crippen LogP contribution in [0.25, 0.3) is 5.65 Å². The summed E-state index contributed by atoms with van der Waals surface area (Å²) < 4.78 is 6.05. The average molecular weight is 273 g/mol. The van der Waals surface area contributed by atoms with Crippen molar-refractivity contribution in [2.45, 2.75) is 12.8 Å². The predicted octanol–water partition coefficient (Wildman–Crippen LogP) is 1.08. The van der Waals surface area contributed by atoms with Crippen molar-refractivity contribution in [1.29, 1.82) is 0 Å². The number of pyridine rings is 1. The molecule has 3 heterocycles. The Kier molecular flexibility index (Phi) is 3.14. The Bertz CT molecular complexity index is 717. The van der Waals surface area contributed by atoms with E-state index in [4.69, 9.17) is 0 Å². The highest BCUT2D eigenvalue weighted by molar-refractivity contribution is 5.87. The third kappa shape index (κ3) is 2.13. The summed E-state index contributed by atoms with van der Waals surface area (Å²) in [6, 6.07) is 4.88. The van der Waals surface area contributed by atoms with E-state index in [0.29, 0.717) is 5.65 Å². The fourth-order valence-electron chi connectivity index (χ4n) is 2.46. The normalized spacial score (nSPS) is 14.8.